The first-order valence-electron chi connectivity index (χ1n) is 7.14. The third kappa shape index (κ3) is 2.80. The van der Waals surface area contributed by atoms with Crippen LogP contribution in [0.25, 0.3) is 11.0 Å². The molecule has 2 aromatic carbocycles. The number of aromatic nitrogens is 2. The van der Waals surface area contributed by atoms with Gasteiger partial charge in [0.25, 0.3) is 0 Å². The van der Waals surface area contributed by atoms with Crippen LogP contribution in [0.4, 0.5) is 0 Å². The first-order valence-corrected chi connectivity index (χ1v) is 7.52. The lowest BCUT2D eigenvalue weighted by Gasteiger charge is -2.13. The molecule has 0 radical (unpaired) electrons. The Bertz CT molecular complexity index is 746. The highest BCUT2D eigenvalue weighted by molar-refractivity contribution is 6.30. The fourth-order valence-electron chi connectivity index (χ4n) is 2.50. The van der Waals surface area contributed by atoms with E-state index in [4.69, 9.17) is 22.3 Å². The van der Waals surface area contributed by atoms with E-state index in [2.05, 4.69) is 17.6 Å². The summed E-state index contributed by atoms with van der Waals surface area (Å²) in [4.78, 5) is 4.71. The molecule has 3 rings (SSSR count). The second-order valence-electron chi connectivity index (χ2n) is 5.19. The first-order chi connectivity index (χ1) is 10.2. The van der Waals surface area contributed by atoms with Gasteiger partial charge >= 0.3 is 0 Å². The monoisotopic (exact) mass is 299 g/mol. The fraction of sp³-hybridized carbons (Fsp3) is 0.235. The molecular formula is C17H18ClN3. The standard InChI is InChI=1S/C17H18ClN3/c1-2-14(19)17-20-15-5-3-4-6-16(15)21(17)11-12-7-9-13(18)10-8-12/h3-10,14H,2,11,19H2,1H3. The summed E-state index contributed by atoms with van der Waals surface area (Å²) in [5.74, 6) is 0.939. The molecule has 0 aliphatic heterocycles. The average Bonchev–Trinajstić information content (AvgIpc) is 2.88. The Kier molecular flexibility index (Phi) is 3.95. The lowest BCUT2D eigenvalue weighted by Crippen LogP contribution is -2.16. The second kappa shape index (κ2) is 5.88. The van der Waals surface area contributed by atoms with Crippen molar-refractivity contribution in [1.82, 2.24) is 9.55 Å². The van der Waals surface area contributed by atoms with Crippen molar-refractivity contribution in [2.75, 3.05) is 0 Å². The summed E-state index contributed by atoms with van der Waals surface area (Å²) in [6.07, 6.45) is 0.865. The van der Waals surface area contributed by atoms with Crippen LogP contribution in [0.1, 0.15) is 30.8 Å². The van der Waals surface area contributed by atoms with Crippen LogP contribution in [-0.4, -0.2) is 9.55 Å². The molecule has 0 spiro atoms. The topological polar surface area (TPSA) is 43.8 Å². The number of nitrogens with two attached hydrogens (primary N) is 1. The van der Waals surface area contributed by atoms with Gasteiger partial charge in [0.1, 0.15) is 5.82 Å². The Hall–Kier alpha value is -1.84. The molecule has 1 atom stereocenters. The number of imidazole rings is 1. The number of nitrogens with zero attached hydrogens (tertiary/aromatic N) is 2. The molecule has 1 aromatic heterocycles. The molecule has 3 nitrogen and oxygen atoms in total. The Balaban J connectivity index is 2.08. The van der Waals surface area contributed by atoms with Crippen LogP contribution in [0.15, 0.2) is 48.5 Å². The molecular weight excluding hydrogens is 282 g/mol. The van der Waals surface area contributed by atoms with E-state index in [-0.39, 0.29) is 6.04 Å². The quantitative estimate of drug-likeness (QED) is 0.786. The minimum Gasteiger partial charge on any atom is -0.322 e. The van der Waals surface area contributed by atoms with Gasteiger partial charge < -0.3 is 10.3 Å². The third-order valence-electron chi connectivity index (χ3n) is 3.71. The van der Waals surface area contributed by atoms with Gasteiger partial charge in [-0.3, -0.25) is 0 Å². The van der Waals surface area contributed by atoms with Gasteiger partial charge in [-0.05, 0) is 36.2 Å². The van der Waals surface area contributed by atoms with Crippen LogP contribution in [0.3, 0.4) is 0 Å². The number of hydrogen-bond acceptors (Lipinski definition) is 2. The highest BCUT2D eigenvalue weighted by atomic mass is 35.5. The smallest absolute Gasteiger partial charge is 0.127 e. The maximum atomic E-state index is 6.23. The molecule has 3 aromatic rings. The van der Waals surface area contributed by atoms with E-state index >= 15 is 0 Å². The van der Waals surface area contributed by atoms with E-state index in [9.17, 15) is 0 Å². The Morgan fingerprint density at radius 1 is 1.14 bits per heavy atom. The number of hydrogen-bond donors (Lipinski definition) is 1. The van der Waals surface area contributed by atoms with E-state index in [0.717, 1.165) is 34.8 Å². The van der Waals surface area contributed by atoms with E-state index < -0.39 is 0 Å². The van der Waals surface area contributed by atoms with Crippen molar-refractivity contribution in [3.05, 3.63) is 64.9 Å². The summed E-state index contributed by atoms with van der Waals surface area (Å²) in [6.45, 7) is 2.83. The molecule has 0 fully saturated rings. The van der Waals surface area contributed by atoms with Gasteiger partial charge in [0.2, 0.25) is 0 Å². The molecule has 0 saturated heterocycles. The number of para-hydroxylation sites is 2. The third-order valence-corrected chi connectivity index (χ3v) is 3.96. The van der Waals surface area contributed by atoms with Crippen molar-refractivity contribution in [1.29, 1.82) is 0 Å². The summed E-state index contributed by atoms with van der Waals surface area (Å²) in [6, 6.07) is 16.0. The Labute approximate surface area is 129 Å². The summed E-state index contributed by atoms with van der Waals surface area (Å²) >= 11 is 5.95. The van der Waals surface area contributed by atoms with Gasteiger partial charge in [0.05, 0.1) is 17.1 Å². The SMILES string of the molecule is CCC(N)c1nc2ccccc2n1Cc1ccc(Cl)cc1. The van der Waals surface area contributed by atoms with E-state index in [0.29, 0.717) is 0 Å². The van der Waals surface area contributed by atoms with Gasteiger partial charge in [0, 0.05) is 11.6 Å². The Morgan fingerprint density at radius 2 is 1.86 bits per heavy atom. The molecule has 4 heteroatoms. The zero-order chi connectivity index (χ0) is 14.8. The van der Waals surface area contributed by atoms with Crippen LogP contribution < -0.4 is 5.73 Å². The van der Waals surface area contributed by atoms with Crippen LogP contribution in [0.5, 0.6) is 0 Å². The average molecular weight is 300 g/mol. The van der Waals surface area contributed by atoms with Crippen molar-refractivity contribution in [3.8, 4) is 0 Å². The van der Waals surface area contributed by atoms with Crippen molar-refractivity contribution in [2.45, 2.75) is 25.9 Å². The molecule has 21 heavy (non-hydrogen) atoms. The molecule has 1 heterocycles. The van der Waals surface area contributed by atoms with Crippen molar-refractivity contribution < 1.29 is 0 Å². The molecule has 0 aliphatic rings. The number of halogens is 1. The molecule has 2 N–H and O–H groups in total. The van der Waals surface area contributed by atoms with E-state index in [1.54, 1.807) is 0 Å². The molecule has 0 bridgehead atoms. The molecule has 0 aliphatic carbocycles. The second-order valence-corrected chi connectivity index (χ2v) is 5.62. The fourth-order valence-corrected chi connectivity index (χ4v) is 2.62. The zero-order valence-electron chi connectivity index (χ0n) is 12.0. The molecule has 1 unspecified atom stereocenters. The predicted molar refractivity (Wildman–Crippen MR) is 87.5 cm³/mol. The highest BCUT2D eigenvalue weighted by Gasteiger charge is 2.15. The van der Waals surface area contributed by atoms with Crippen molar-refractivity contribution in [3.63, 3.8) is 0 Å². The normalized spacial score (nSPS) is 12.7. The number of fused-ring (bicyclic) bond motifs is 1. The van der Waals surface area contributed by atoms with E-state index in [1.165, 1.54) is 5.56 Å². The van der Waals surface area contributed by atoms with Crippen LogP contribution in [0.2, 0.25) is 5.02 Å². The summed E-state index contributed by atoms with van der Waals surface area (Å²) in [7, 11) is 0. The van der Waals surface area contributed by atoms with E-state index in [1.807, 2.05) is 42.5 Å². The lowest BCUT2D eigenvalue weighted by molar-refractivity contribution is 0.605. The largest absolute Gasteiger partial charge is 0.322 e. The molecule has 0 amide bonds. The lowest BCUT2D eigenvalue weighted by atomic mass is 10.2. The summed E-state index contributed by atoms with van der Waals surface area (Å²) < 4.78 is 2.20. The first kappa shape index (κ1) is 14.1. The van der Waals surface area contributed by atoms with Gasteiger partial charge in [-0.25, -0.2) is 4.98 Å². The van der Waals surface area contributed by atoms with Crippen LogP contribution >= 0.6 is 11.6 Å². The molecule has 0 saturated carbocycles. The number of rotatable bonds is 4. The summed E-state index contributed by atoms with van der Waals surface area (Å²) in [5, 5.41) is 0.750. The minimum absolute atomic E-state index is 0.0512. The maximum absolute atomic E-state index is 6.23. The Morgan fingerprint density at radius 3 is 2.57 bits per heavy atom. The molecule has 108 valence electrons. The zero-order valence-corrected chi connectivity index (χ0v) is 12.7. The van der Waals surface area contributed by atoms with Gasteiger partial charge in [-0.1, -0.05) is 42.8 Å². The van der Waals surface area contributed by atoms with Gasteiger partial charge in [0.15, 0.2) is 0 Å². The van der Waals surface area contributed by atoms with Crippen molar-refractivity contribution in [2.24, 2.45) is 5.73 Å². The van der Waals surface area contributed by atoms with Gasteiger partial charge in [-0.2, -0.15) is 0 Å². The van der Waals surface area contributed by atoms with Gasteiger partial charge in [-0.15, -0.1) is 0 Å². The minimum atomic E-state index is -0.0512. The van der Waals surface area contributed by atoms with Crippen LogP contribution in [-0.2, 0) is 6.54 Å². The van der Waals surface area contributed by atoms with Crippen LogP contribution in [0, 0.1) is 0 Å². The predicted octanol–water partition coefficient (Wildman–Crippen LogP) is 4.15. The maximum Gasteiger partial charge on any atom is 0.127 e. The number of benzene rings is 2. The highest BCUT2D eigenvalue weighted by Crippen LogP contribution is 2.23. The summed E-state index contributed by atoms with van der Waals surface area (Å²) in [5.41, 5.74) is 9.53. The van der Waals surface area contributed by atoms with Crippen molar-refractivity contribution >= 4 is 22.6 Å².